The Morgan fingerprint density at radius 1 is 1.03 bits per heavy atom. The molecule has 0 aliphatic rings. The van der Waals surface area contributed by atoms with Crippen LogP contribution >= 0.6 is 0 Å². The smallest absolute Gasteiger partial charge is 0.252 e. The highest BCUT2D eigenvalue weighted by Crippen LogP contribution is 2.28. The van der Waals surface area contributed by atoms with Crippen molar-refractivity contribution in [2.45, 2.75) is 20.0 Å². The Kier molecular flexibility index (Phi) is 6.69. The molecular formula is C22H24N4O4. The van der Waals surface area contributed by atoms with Gasteiger partial charge in [-0.05, 0) is 61.9 Å². The maximum Gasteiger partial charge on any atom is 0.252 e. The van der Waals surface area contributed by atoms with E-state index in [9.17, 15) is 4.79 Å². The standard InChI is InChI=1S/C22H24N4O4/c1-14(2)30-20-11-15(5-10-19(20)29-4)13-23-26-22-24-18(12-21(27)25-22)16-6-8-17(28-3)9-7-16/h5-14H,1-4H3,(H2,24,25,26,27)/b23-13-. The number of hydrazone groups is 1. The molecule has 0 unspecified atom stereocenters. The van der Waals surface area contributed by atoms with Crippen molar-refractivity contribution in [2.75, 3.05) is 19.6 Å². The Labute approximate surface area is 174 Å². The number of nitrogens with zero attached hydrogens (tertiary/aromatic N) is 2. The molecule has 8 heteroatoms. The van der Waals surface area contributed by atoms with Crippen LogP contribution in [0.1, 0.15) is 19.4 Å². The van der Waals surface area contributed by atoms with Crippen LogP contribution in [-0.4, -0.2) is 36.5 Å². The van der Waals surface area contributed by atoms with Crippen LogP contribution in [0.15, 0.2) is 58.4 Å². The summed E-state index contributed by atoms with van der Waals surface area (Å²) in [7, 11) is 3.19. The summed E-state index contributed by atoms with van der Waals surface area (Å²) < 4.78 is 16.2. The van der Waals surface area contributed by atoms with Crippen LogP contribution in [0.25, 0.3) is 11.3 Å². The topological polar surface area (TPSA) is 97.8 Å². The highest BCUT2D eigenvalue weighted by molar-refractivity contribution is 5.81. The van der Waals surface area contributed by atoms with Crippen LogP contribution in [0, 0.1) is 0 Å². The molecule has 3 aromatic rings. The van der Waals surface area contributed by atoms with Crippen LogP contribution in [0.2, 0.25) is 0 Å². The van der Waals surface area contributed by atoms with E-state index in [0.29, 0.717) is 17.2 Å². The molecule has 0 radical (unpaired) electrons. The molecule has 0 amide bonds. The van der Waals surface area contributed by atoms with Gasteiger partial charge in [-0.3, -0.25) is 9.78 Å². The Bertz CT molecular complexity index is 1080. The molecule has 30 heavy (non-hydrogen) atoms. The lowest BCUT2D eigenvalue weighted by atomic mass is 10.1. The van der Waals surface area contributed by atoms with Crippen molar-refractivity contribution < 1.29 is 14.2 Å². The molecule has 0 saturated carbocycles. The van der Waals surface area contributed by atoms with Crippen molar-refractivity contribution in [2.24, 2.45) is 5.10 Å². The number of ether oxygens (including phenoxy) is 3. The second-order valence-electron chi connectivity index (χ2n) is 6.65. The Morgan fingerprint density at radius 3 is 2.47 bits per heavy atom. The molecule has 1 heterocycles. The molecule has 0 saturated heterocycles. The molecule has 0 aliphatic heterocycles. The molecular weight excluding hydrogens is 384 g/mol. The van der Waals surface area contributed by atoms with Crippen molar-refractivity contribution in [1.82, 2.24) is 9.97 Å². The van der Waals surface area contributed by atoms with Crippen molar-refractivity contribution in [3.05, 3.63) is 64.4 Å². The van der Waals surface area contributed by atoms with E-state index in [0.717, 1.165) is 16.9 Å². The SMILES string of the molecule is COc1ccc(-c2cc(=O)[nH]c(N/N=C\c3ccc(OC)c(OC(C)C)c3)n2)cc1. The van der Waals surface area contributed by atoms with Crippen molar-refractivity contribution in [3.63, 3.8) is 0 Å². The summed E-state index contributed by atoms with van der Waals surface area (Å²) in [5.41, 5.74) is 4.59. The van der Waals surface area contributed by atoms with Gasteiger partial charge in [0.15, 0.2) is 11.5 Å². The predicted molar refractivity (Wildman–Crippen MR) is 117 cm³/mol. The van der Waals surface area contributed by atoms with Crippen LogP contribution in [0.4, 0.5) is 5.95 Å². The summed E-state index contributed by atoms with van der Waals surface area (Å²) >= 11 is 0. The maximum absolute atomic E-state index is 12.0. The van der Waals surface area contributed by atoms with E-state index < -0.39 is 0 Å². The highest BCUT2D eigenvalue weighted by Gasteiger charge is 2.07. The van der Waals surface area contributed by atoms with E-state index in [1.54, 1.807) is 20.4 Å². The zero-order valence-corrected chi connectivity index (χ0v) is 17.3. The molecule has 3 rings (SSSR count). The summed E-state index contributed by atoms with van der Waals surface area (Å²) in [6, 6.07) is 14.2. The first kappa shape index (κ1) is 20.9. The first-order valence-corrected chi connectivity index (χ1v) is 9.38. The third-order valence-corrected chi connectivity index (χ3v) is 4.06. The quantitative estimate of drug-likeness (QED) is 0.436. The summed E-state index contributed by atoms with van der Waals surface area (Å²) in [5.74, 6) is 2.24. The van der Waals surface area contributed by atoms with E-state index >= 15 is 0 Å². The minimum Gasteiger partial charge on any atom is -0.497 e. The van der Waals surface area contributed by atoms with Gasteiger partial charge in [0.05, 0.1) is 32.2 Å². The van der Waals surface area contributed by atoms with Crippen LogP contribution < -0.4 is 25.2 Å². The summed E-state index contributed by atoms with van der Waals surface area (Å²) in [6.45, 7) is 3.89. The number of hydrogen-bond acceptors (Lipinski definition) is 7. The lowest BCUT2D eigenvalue weighted by Gasteiger charge is -2.13. The predicted octanol–water partition coefficient (Wildman–Crippen LogP) is 3.69. The van der Waals surface area contributed by atoms with E-state index in [-0.39, 0.29) is 17.6 Å². The number of benzene rings is 2. The van der Waals surface area contributed by atoms with Gasteiger partial charge in [0.2, 0.25) is 5.95 Å². The highest BCUT2D eigenvalue weighted by atomic mass is 16.5. The van der Waals surface area contributed by atoms with Crippen molar-refractivity contribution >= 4 is 12.2 Å². The van der Waals surface area contributed by atoms with Gasteiger partial charge >= 0.3 is 0 Å². The molecule has 1 aromatic heterocycles. The molecule has 0 spiro atoms. The van der Waals surface area contributed by atoms with Crippen molar-refractivity contribution in [3.8, 4) is 28.5 Å². The largest absolute Gasteiger partial charge is 0.497 e. The average molecular weight is 408 g/mol. The lowest BCUT2D eigenvalue weighted by molar-refractivity contribution is 0.230. The van der Waals surface area contributed by atoms with E-state index in [1.165, 1.54) is 6.07 Å². The molecule has 0 atom stereocenters. The Balaban J connectivity index is 1.77. The number of aromatic nitrogens is 2. The minimum atomic E-state index is -0.286. The van der Waals surface area contributed by atoms with Gasteiger partial charge in [0, 0.05) is 11.6 Å². The first-order valence-electron chi connectivity index (χ1n) is 9.38. The minimum absolute atomic E-state index is 0.0131. The molecule has 0 fully saturated rings. The normalized spacial score (nSPS) is 11.0. The molecule has 2 N–H and O–H groups in total. The van der Waals surface area contributed by atoms with Gasteiger partial charge in [0.1, 0.15) is 5.75 Å². The number of aromatic amines is 1. The molecule has 0 aliphatic carbocycles. The number of hydrogen-bond donors (Lipinski definition) is 2. The van der Waals surface area contributed by atoms with Gasteiger partial charge in [0.25, 0.3) is 5.56 Å². The van der Waals surface area contributed by atoms with Crippen LogP contribution in [-0.2, 0) is 0 Å². The Morgan fingerprint density at radius 2 is 1.80 bits per heavy atom. The third kappa shape index (κ3) is 5.38. The fourth-order valence-electron chi connectivity index (χ4n) is 2.71. The van der Waals surface area contributed by atoms with Crippen LogP contribution in [0.5, 0.6) is 17.2 Å². The number of nitrogens with one attached hydrogen (secondary N) is 2. The summed E-state index contributed by atoms with van der Waals surface area (Å²) in [6.07, 6.45) is 1.62. The second kappa shape index (κ2) is 9.60. The summed E-state index contributed by atoms with van der Waals surface area (Å²) in [5, 5.41) is 4.17. The van der Waals surface area contributed by atoms with Gasteiger partial charge in [-0.1, -0.05) is 0 Å². The van der Waals surface area contributed by atoms with Crippen LogP contribution in [0.3, 0.4) is 0 Å². The number of methoxy groups -OCH3 is 2. The zero-order chi connectivity index (χ0) is 21.5. The van der Waals surface area contributed by atoms with E-state index in [2.05, 4.69) is 20.5 Å². The molecule has 156 valence electrons. The number of H-pyrrole nitrogens is 1. The molecule has 8 nitrogen and oxygen atoms in total. The Hall–Kier alpha value is -3.81. The van der Waals surface area contributed by atoms with Gasteiger partial charge in [-0.25, -0.2) is 10.4 Å². The lowest BCUT2D eigenvalue weighted by Crippen LogP contribution is -2.10. The summed E-state index contributed by atoms with van der Waals surface area (Å²) in [4.78, 5) is 19.0. The van der Waals surface area contributed by atoms with Gasteiger partial charge in [-0.15, -0.1) is 0 Å². The number of anilines is 1. The van der Waals surface area contributed by atoms with E-state index in [1.807, 2.05) is 56.3 Å². The monoisotopic (exact) mass is 408 g/mol. The number of rotatable bonds is 8. The molecule has 0 bridgehead atoms. The van der Waals surface area contributed by atoms with Gasteiger partial charge in [-0.2, -0.15) is 5.10 Å². The van der Waals surface area contributed by atoms with Crippen molar-refractivity contribution in [1.29, 1.82) is 0 Å². The molecule has 2 aromatic carbocycles. The van der Waals surface area contributed by atoms with E-state index in [4.69, 9.17) is 14.2 Å². The first-order chi connectivity index (χ1) is 14.5. The fraction of sp³-hybridized carbons (Fsp3) is 0.227. The zero-order valence-electron chi connectivity index (χ0n) is 17.3. The third-order valence-electron chi connectivity index (χ3n) is 4.06. The average Bonchev–Trinajstić information content (AvgIpc) is 2.73. The second-order valence-corrected chi connectivity index (χ2v) is 6.65. The van der Waals surface area contributed by atoms with Gasteiger partial charge < -0.3 is 14.2 Å². The fourth-order valence-corrected chi connectivity index (χ4v) is 2.71. The maximum atomic E-state index is 12.0.